The molecule has 3 aliphatic rings. The lowest BCUT2D eigenvalue weighted by Gasteiger charge is -2.37. The Morgan fingerprint density at radius 2 is 1.59 bits per heavy atom. The van der Waals surface area contributed by atoms with Crippen LogP contribution in [-0.2, 0) is 14.3 Å². The van der Waals surface area contributed by atoms with Gasteiger partial charge in [-0.2, -0.15) is 0 Å². The van der Waals surface area contributed by atoms with Crippen LogP contribution >= 0.6 is 0 Å². The van der Waals surface area contributed by atoms with E-state index in [1.54, 1.807) is 24.2 Å². The van der Waals surface area contributed by atoms with E-state index in [9.17, 15) is 9.59 Å². The second-order valence-electron chi connectivity index (χ2n) is 7.15. The third-order valence-corrected chi connectivity index (χ3v) is 5.53. The molecule has 0 radical (unpaired) electrons. The number of piperidine rings is 1. The highest BCUT2D eigenvalue weighted by molar-refractivity contribution is 5.92. The summed E-state index contributed by atoms with van der Waals surface area (Å²) in [5.41, 5.74) is 0.352. The van der Waals surface area contributed by atoms with Crippen molar-refractivity contribution < 1.29 is 19.1 Å². The number of nitrogens with zero attached hydrogens (tertiary/aromatic N) is 5. The van der Waals surface area contributed by atoms with Crippen molar-refractivity contribution in [1.29, 1.82) is 0 Å². The monoisotopic (exact) mass is 375 g/mol. The van der Waals surface area contributed by atoms with Crippen LogP contribution in [0, 0.1) is 0 Å². The Balaban J connectivity index is 1.34. The molecule has 4 heterocycles. The summed E-state index contributed by atoms with van der Waals surface area (Å²) < 4.78 is 11.4. The highest BCUT2D eigenvalue weighted by Crippen LogP contribution is 2.31. The number of piperazine rings is 1. The molecule has 0 N–H and O–H groups in total. The number of likely N-dealkylation sites (tertiary alicyclic amines) is 1. The molecule has 0 bridgehead atoms. The number of carbonyl (C=O) groups is 2. The van der Waals surface area contributed by atoms with E-state index >= 15 is 0 Å². The van der Waals surface area contributed by atoms with E-state index in [1.807, 2.05) is 4.90 Å². The molecule has 1 aromatic heterocycles. The minimum atomic E-state index is -0.492. The number of amides is 2. The standard InChI is InChI=1S/C18H25N5O4/c1-14(24)21-6-8-22(9-7-21)16-13-19-15(12-20-16)17(25)23-4-2-18(3-5-23)26-10-11-27-18/h12-13H,2-11H2,1H3. The molecule has 3 fully saturated rings. The van der Waals surface area contributed by atoms with E-state index in [-0.39, 0.29) is 11.8 Å². The molecule has 9 heteroatoms. The molecule has 0 saturated carbocycles. The highest BCUT2D eigenvalue weighted by atomic mass is 16.7. The maximum atomic E-state index is 12.7. The summed E-state index contributed by atoms with van der Waals surface area (Å²) in [6.07, 6.45) is 4.56. The molecular weight excluding hydrogens is 350 g/mol. The zero-order valence-corrected chi connectivity index (χ0v) is 15.6. The van der Waals surface area contributed by atoms with Crippen LogP contribution in [0.15, 0.2) is 12.4 Å². The van der Waals surface area contributed by atoms with E-state index in [1.165, 1.54) is 0 Å². The van der Waals surface area contributed by atoms with E-state index < -0.39 is 5.79 Å². The summed E-state index contributed by atoms with van der Waals surface area (Å²) in [5.74, 6) is 0.232. The second-order valence-corrected chi connectivity index (χ2v) is 7.15. The first-order chi connectivity index (χ1) is 13.1. The molecule has 1 spiro atoms. The van der Waals surface area contributed by atoms with Gasteiger partial charge in [0.05, 0.1) is 25.6 Å². The number of hydrogen-bond donors (Lipinski definition) is 0. The van der Waals surface area contributed by atoms with Gasteiger partial charge < -0.3 is 24.2 Å². The Kier molecular flexibility index (Phi) is 4.96. The number of hydrogen-bond acceptors (Lipinski definition) is 7. The fourth-order valence-electron chi connectivity index (χ4n) is 3.84. The summed E-state index contributed by atoms with van der Waals surface area (Å²) in [6, 6.07) is 0. The van der Waals surface area contributed by atoms with Crippen LogP contribution in [0.1, 0.15) is 30.3 Å². The summed E-state index contributed by atoms with van der Waals surface area (Å²) in [5, 5.41) is 0. The average molecular weight is 375 g/mol. The lowest BCUT2D eigenvalue weighted by atomic mass is 10.0. The van der Waals surface area contributed by atoms with E-state index in [2.05, 4.69) is 14.9 Å². The van der Waals surface area contributed by atoms with Gasteiger partial charge in [0.1, 0.15) is 11.5 Å². The molecular formula is C18H25N5O4. The van der Waals surface area contributed by atoms with Gasteiger partial charge in [0, 0.05) is 59.0 Å². The van der Waals surface area contributed by atoms with E-state index in [4.69, 9.17) is 9.47 Å². The lowest BCUT2D eigenvalue weighted by molar-refractivity contribution is -0.181. The SMILES string of the molecule is CC(=O)N1CCN(c2cnc(C(=O)N3CCC4(CC3)OCCO4)cn2)CC1. The molecule has 2 amide bonds. The first-order valence-electron chi connectivity index (χ1n) is 9.46. The maximum Gasteiger partial charge on any atom is 0.274 e. The normalized spacial score (nSPS) is 22.3. The number of anilines is 1. The third-order valence-electron chi connectivity index (χ3n) is 5.53. The molecule has 0 atom stereocenters. The van der Waals surface area contributed by atoms with Crippen molar-refractivity contribution in [2.24, 2.45) is 0 Å². The number of rotatable bonds is 2. The van der Waals surface area contributed by atoms with Gasteiger partial charge >= 0.3 is 0 Å². The Bertz CT molecular complexity index is 686. The van der Waals surface area contributed by atoms with E-state index in [0.29, 0.717) is 57.9 Å². The van der Waals surface area contributed by atoms with Crippen LogP contribution in [0.5, 0.6) is 0 Å². The van der Waals surface area contributed by atoms with Gasteiger partial charge in [-0.1, -0.05) is 0 Å². The van der Waals surface area contributed by atoms with Crippen LogP contribution in [-0.4, -0.2) is 89.9 Å². The Morgan fingerprint density at radius 3 is 2.15 bits per heavy atom. The Hall–Kier alpha value is -2.26. The van der Waals surface area contributed by atoms with Crippen molar-refractivity contribution >= 4 is 17.6 Å². The van der Waals surface area contributed by atoms with Crippen molar-refractivity contribution in [3.8, 4) is 0 Å². The molecule has 0 aromatic carbocycles. The highest BCUT2D eigenvalue weighted by Gasteiger charge is 2.41. The van der Waals surface area contributed by atoms with Gasteiger partial charge in [-0.25, -0.2) is 9.97 Å². The summed E-state index contributed by atoms with van der Waals surface area (Å²) in [4.78, 5) is 38.6. The quantitative estimate of drug-likeness (QED) is 0.726. The van der Waals surface area contributed by atoms with Crippen LogP contribution in [0.25, 0.3) is 0 Å². The van der Waals surface area contributed by atoms with Crippen LogP contribution in [0.2, 0.25) is 0 Å². The van der Waals surface area contributed by atoms with E-state index in [0.717, 1.165) is 18.9 Å². The van der Waals surface area contributed by atoms with Crippen molar-refractivity contribution in [2.45, 2.75) is 25.6 Å². The fourth-order valence-corrected chi connectivity index (χ4v) is 3.84. The average Bonchev–Trinajstić information content (AvgIpc) is 3.16. The Morgan fingerprint density at radius 1 is 0.926 bits per heavy atom. The fraction of sp³-hybridized carbons (Fsp3) is 0.667. The minimum Gasteiger partial charge on any atom is -0.352 e. The number of ether oxygens (including phenoxy) is 2. The first kappa shape index (κ1) is 18.1. The number of aromatic nitrogens is 2. The van der Waals surface area contributed by atoms with Gasteiger partial charge in [0.15, 0.2) is 5.79 Å². The molecule has 0 aliphatic carbocycles. The first-order valence-corrected chi connectivity index (χ1v) is 9.46. The number of carbonyl (C=O) groups excluding carboxylic acids is 2. The van der Waals surface area contributed by atoms with Crippen LogP contribution < -0.4 is 4.90 Å². The zero-order chi connectivity index (χ0) is 18.9. The smallest absolute Gasteiger partial charge is 0.274 e. The van der Waals surface area contributed by atoms with Crippen molar-refractivity contribution in [3.05, 3.63) is 18.1 Å². The molecule has 146 valence electrons. The third kappa shape index (κ3) is 3.74. The molecule has 1 aromatic rings. The van der Waals surface area contributed by atoms with Crippen LogP contribution in [0.4, 0.5) is 5.82 Å². The summed E-state index contributed by atoms with van der Waals surface area (Å²) in [7, 11) is 0. The molecule has 9 nitrogen and oxygen atoms in total. The topological polar surface area (TPSA) is 88.1 Å². The van der Waals surface area contributed by atoms with Gasteiger partial charge in [-0.3, -0.25) is 9.59 Å². The second kappa shape index (κ2) is 7.40. The van der Waals surface area contributed by atoms with Gasteiger partial charge in [0.2, 0.25) is 5.91 Å². The van der Waals surface area contributed by atoms with Gasteiger partial charge in [-0.05, 0) is 0 Å². The molecule has 3 saturated heterocycles. The van der Waals surface area contributed by atoms with Gasteiger partial charge in [0.25, 0.3) is 5.91 Å². The largest absolute Gasteiger partial charge is 0.352 e. The minimum absolute atomic E-state index is 0.0957. The van der Waals surface area contributed by atoms with Gasteiger partial charge in [-0.15, -0.1) is 0 Å². The summed E-state index contributed by atoms with van der Waals surface area (Å²) in [6.45, 7) is 6.82. The molecule has 27 heavy (non-hydrogen) atoms. The van der Waals surface area contributed by atoms with Crippen molar-refractivity contribution in [1.82, 2.24) is 19.8 Å². The Labute approximate surface area is 158 Å². The lowest BCUT2D eigenvalue weighted by Crippen LogP contribution is -2.48. The molecule has 4 rings (SSSR count). The predicted octanol–water partition coefficient (Wildman–Crippen LogP) is 0.124. The maximum absolute atomic E-state index is 12.7. The predicted molar refractivity (Wildman–Crippen MR) is 96.3 cm³/mol. The summed E-state index contributed by atoms with van der Waals surface area (Å²) >= 11 is 0. The van der Waals surface area contributed by atoms with Crippen molar-refractivity contribution in [3.63, 3.8) is 0 Å². The molecule has 0 unspecified atom stereocenters. The van der Waals surface area contributed by atoms with Crippen molar-refractivity contribution in [2.75, 3.05) is 57.4 Å². The molecule has 3 aliphatic heterocycles. The zero-order valence-electron chi connectivity index (χ0n) is 15.6. The van der Waals surface area contributed by atoms with Crippen LogP contribution in [0.3, 0.4) is 0 Å².